The number of rotatable bonds is 2. The van der Waals surface area contributed by atoms with E-state index in [9.17, 15) is 0 Å². The Balaban J connectivity index is 0. The van der Waals surface area contributed by atoms with Gasteiger partial charge in [0.2, 0.25) is 0 Å². The minimum atomic E-state index is 1.11. The molecule has 0 unspecified atom stereocenters. The van der Waals surface area contributed by atoms with Crippen molar-refractivity contribution in [2.45, 2.75) is 27.7 Å². The van der Waals surface area contributed by atoms with E-state index in [1.165, 1.54) is 0 Å². The molecule has 0 saturated carbocycles. The summed E-state index contributed by atoms with van der Waals surface area (Å²) in [5.74, 6) is 0. The molecule has 0 rings (SSSR count). The Labute approximate surface area is 64.2 Å². The summed E-state index contributed by atoms with van der Waals surface area (Å²) in [4.78, 5) is 0. The smallest absolute Gasteiger partial charge is 0.0299 e. The zero-order valence-electron chi connectivity index (χ0n) is 7.68. The molecule has 0 bridgehead atoms. The Morgan fingerprint density at radius 3 is 2.00 bits per heavy atom. The lowest BCUT2D eigenvalue weighted by Crippen LogP contribution is -2.05. The summed E-state index contributed by atoms with van der Waals surface area (Å²) in [5.41, 5.74) is 1.11. The van der Waals surface area contributed by atoms with Gasteiger partial charge in [0, 0.05) is 19.5 Å². The van der Waals surface area contributed by atoms with Crippen molar-refractivity contribution < 1.29 is 0 Å². The second-order valence-corrected chi connectivity index (χ2v) is 1.60. The highest BCUT2D eigenvalue weighted by Crippen LogP contribution is 1.96. The van der Waals surface area contributed by atoms with Crippen molar-refractivity contribution in [3.8, 4) is 0 Å². The second kappa shape index (κ2) is 8.21. The van der Waals surface area contributed by atoms with Gasteiger partial charge in [-0.1, -0.05) is 19.9 Å². The summed E-state index contributed by atoms with van der Waals surface area (Å²) < 4.78 is 0. The van der Waals surface area contributed by atoms with Crippen molar-refractivity contribution in [1.82, 2.24) is 5.01 Å². The largest absolute Gasteiger partial charge is 0.274 e. The van der Waals surface area contributed by atoms with Gasteiger partial charge in [0.05, 0.1) is 0 Å². The van der Waals surface area contributed by atoms with E-state index in [0.29, 0.717) is 0 Å². The number of nitrogens with zero attached hydrogens (tertiary/aromatic N) is 2. The highest BCUT2D eigenvalue weighted by atomic mass is 15.4. The van der Waals surface area contributed by atoms with Gasteiger partial charge in [-0.2, -0.15) is 5.10 Å². The fourth-order valence-corrected chi connectivity index (χ4v) is 0.298. The molecular weight excluding hydrogens is 124 g/mol. The molecule has 0 fully saturated rings. The van der Waals surface area contributed by atoms with Gasteiger partial charge in [0.1, 0.15) is 0 Å². The summed E-state index contributed by atoms with van der Waals surface area (Å²) >= 11 is 0. The van der Waals surface area contributed by atoms with Gasteiger partial charge in [-0.05, 0) is 13.8 Å². The first-order valence-corrected chi connectivity index (χ1v) is 3.55. The molecule has 2 heteroatoms. The van der Waals surface area contributed by atoms with Gasteiger partial charge in [-0.25, -0.2) is 0 Å². The molecule has 0 aromatic heterocycles. The van der Waals surface area contributed by atoms with Gasteiger partial charge in [0.25, 0.3) is 0 Å². The fourth-order valence-electron chi connectivity index (χ4n) is 0.298. The van der Waals surface area contributed by atoms with Crippen LogP contribution in [0.3, 0.4) is 0 Å². The Hall–Kier alpha value is -0.790. The van der Waals surface area contributed by atoms with Crippen molar-refractivity contribution >= 4 is 6.72 Å². The molecule has 0 aliphatic heterocycles. The monoisotopic (exact) mass is 142 g/mol. The predicted molar refractivity (Wildman–Crippen MR) is 48.1 cm³/mol. The van der Waals surface area contributed by atoms with E-state index < -0.39 is 0 Å². The van der Waals surface area contributed by atoms with E-state index >= 15 is 0 Å². The molecule has 10 heavy (non-hydrogen) atoms. The van der Waals surface area contributed by atoms with E-state index in [0.717, 1.165) is 5.70 Å². The van der Waals surface area contributed by atoms with Crippen LogP contribution in [0, 0.1) is 0 Å². The third-order valence-corrected chi connectivity index (χ3v) is 1.14. The molecule has 0 radical (unpaired) electrons. The molecule has 0 aliphatic rings. The van der Waals surface area contributed by atoms with E-state index in [2.05, 4.69) is 11.8 Å². The van der Waals surface area contributed by atoms with Gasteiger partial charge in [0.15, 0.2) is 0 Å². The molecule has 0 amide bonds. The Morgan fingerprint density at radius 2 is 1.90 bits per heavy atom. The van der Waals surface area contributed by atoms with E-state index in [1.807, 2.05) is 40.8 Å². The fraction of sp³-hybridized carbons (Fsp3) is 0.625. The zero-order valence-corrected chi connectivity index (χ0v) is 7.68. The quantitative estimate of drug-likeness (QED) is 0.427. The second-order valence-electron chi connectivity index (χ2n) is 1.60. The molecule has 0 spiro atoms. The van der Waals surface area contributed by atoms with Gasteiger partial charge in [-0.3, -0.25) is 5.01 Å². The van der Waals surface area contributed by atoms with Crippen LogP contribution in [0.25, 0.3) is 0 Å². The molecule has 0 aromatic rings. The molecule has 0 aliphatic carbocycles. The molecular formula is C8H18N2. The first-order valence-electron chi connectivity index (χ1n) is 3.55. The van der Waals surface area contributed by atoms with Crippen LogP contribution in [-0.4, -0.2) is 18.8 Å². The van der Waals surface area contributed by atoms with Crippen LogP contribution in [0.1, 0.15) is 27.7 Å². The number of hydrogen-bond donors (Lipinski definition) is 0. The lowest BCUT2D eigenvalue weighted by Gasteiger charge is -2.10. The maximum Gasteiger partial charge on any atom is 0.0299 e. The van der Waals surface area contributed by atoms with Crippen molar-refractivity contribution in [3.63, 3.8) is 0 Å². The topological polar surface area (TPSA) is 15.6 Å². The van der Waals surface area contributed by atoms with Crippen molar-refractivity contribution in [2.24, 2.45) is 5.10 Å². The Kier molecular flexibility index (Phi) is 9.80. The zero-order chi connectivity index (χ0) is 8.57. The summed E-state index contributed by atoms with van der Waals surface area (Å²) in [6.45, 7) is 11.3. The summed E-state index contributed by atoms with van der Waals surface area (Å²) in [5, 5.41) is 5.40. The summed E-state index contributed by atoms with van der Waals surface area (Å²) in [7, 11) is 1.86. The first-order chi connectivity index (χ1) is 4.72. The van der Waals surface area contributed by atoms with Crippen molar-refractivity contribution in [2.75, 3.05) is 7.05 Å². The predicted octanol–water partition coefficient (Wildman–Crippen LogP) is 2.48. The average Bonchev–Trinajstić information content (AvgIpc) is 2.05. The minimum absolute atomic E-state index is 1.11. The molecule has 0 heterocycles. The molecule has 0 atom stereocenters. The SMILES string of the molecule is C=NN(C)/C(C)=C\C.CC. The van der Waals surface area contributed by atoms with Gasteiger partial charge < -0.3 is 0 Å². The first kappa shape index (κ1) is 11.9. The van der Waals surface area contributed by atoms with Crippen LogP contribution < -0.4 is 0 Å². The van der Waals surface area contributed by atoms with Crippen molar-refractivity contribution in [3.05, 3.63) is 11.8 Å². The summed E-state index contributed by atoms with van der Waals surface area (Å²) in [6.07, 6.45) is 1.98. The molecule has 2 nitrogen and oxygen atoms in total. The molecule has 0 aromatic carbocycles. The maximum atomic E-state index is 3.67. The third-order valence-electron chi connectivity index (χ3n) is 1.14. The Morgan fingerprint density at radius 1 is 1.50 bits per heavy atom. The van der Waals surface area contributed by atoms with Crippen molar-refractivity contribution in [1.29, 1.82) is 0 Å². The maximum absolute atomic E-state index is 3.67. The van der Waals surface area contributed by atoms with E-state index in [1.54, 1.807) is 5.01 Å². The van der Waals surface area contributed by atoms with Crippen LogP contribution in [0.5, 0.6) is 0 Å². The van der Waals surface area contributed by atoms with E-state index in [4.69, 9.17) is 0 Å². The lowest BCUT2D eigenvalue weighted by atomic mass is 10.4. The van der Waals surface area contributed by atoms with Gasteiger partial charge >= 0.3 is 0 Å². The van der Waals surface area contributed by atoms with E-state index in [-0.39, 0.29) is 0 Å². The Bertz CT molecular complexity index is 106. The summed E-state index contributed by atoms with van der Waals surface area (Å²) in [6, 6.07) is 0. The van der Waals surface area contributed by atoms with Crippen LogP contribution >= 0.6 is 0 Å². The van der Waals surface area contributed by atoms with Gasteiger partial charge in [-0.15, -0.1) is 0 Å². The third kappa shape index (κ3) is 5.35. The molecule has 60 valence electrons. The number of allylic oxidation sites excluding steroid dienone is 2. The number of hydrazone groups is 1. The van der Waals surface area contributed by atoms with Crippen LogP contribution in [0.4, 0.5) is 0 Å². The molecule has 0 saturated heterocycles. The highest BCUT2D eigenvalue weighted by molar-refractivity contribution is 5.23. The normalized spacial score (nSPS) is 9.50. The standard InChI is InChI=1S/C6H12N2.C2H6/c1-5-6(2)8(4)7-3;1-2/h5H,3H2,1-2,4H3;1-2H3/b6-5-;. The van der Waals surface area contributed by atoms with Crippen LogP contribution in [-0.2, 0) is 0 Å². The minimum Gasteiger partial charge on any atom is -0.274 e. The highest BCUT2D eigenvalue weighted by Gasteiger charge is 1.87. The van der Waals surface area contributed by atoms with Crippen LogP contribution in [0.15, 0.2) is 16.9 Å². The molecule has 0 N–H and O–H groups in total. The van der Waals surface area contributed by atoms with Crippen LogP contribution in [0.2, 0.25) is 0 Å². The number of hydrogen-bond acceptors (Lipinski definition) is 2. The lowest BCUT2D eigenvalue weighted by molar-refractivity contribution is 0.451. The average molecular weight is 142 g/mol.